The molecule has 0 radical (unpaired) electrons. The van der Waals surface area contributed by atoms with Gasteiger partial charge in [-0.15, -0.1) is 12.4 Å². The van der Waals surface area contributed by atoms with Gasteiger partial charge < -0.3 is 15.1 Å². The van der Waals surface area contributed by atoms with Crippen LogP contribution in [0.4, 0.5) is 0 Å². The van der Waals surface area contributed by atoms with Crippen molar-refractivity contribution in [2.24, 2.45) is 0 Å². The first kappa shape index (κ1) is 12.7. The van der Waals surface area contributed by atoms with Crippen LogP contribution in [-0.2, 0) is 4.79 Å². The van der Waals surface area contributed by atoms with Gasteiger partial charge >= 0.3 is 5.97 Å². The summed E-state index contributed by atoms with van der Waals surface area (Å²) in [5.41, 5.74) is -1.00. The van der Waals surface area contributed by atoms with E-state index in [0.29, 0.717) is 13.0 Å². The second-order valence-corrected chi connectivity index (χ2v) is 3.64. The summed E-state index contributed by atoms with van der Waals surface area (Å²) in [5, 5.41) is 18.3. The van der Waals surface area contributed by atoms with Crippen LogP contribution in [0.15, 0.2) is 0 Å². The van der Waals surface area contributed by atoms with Crippen molar-refractivity contribution in [3.63, 3.8) is 0 Å². The summed E-state index contributed by atoms with van der Waals surface area (Å²) in [6, 6.07) is 0. The zero-order valence-electron chi connectivity index (χ0n) is 7.69. The maximum atomic E-state index is 10.4. The Morgan fingerprint density at radius 3 is 2.69 bits per heavy atom. The van der Waals surface area contributed by atoms with Crippen LogP contribution in [0.1, 0.15) is 19.3 Å². The van der Waals surface area contributed by atoms with E-state index >= 15 is 0 Å². The number of piperidine rings is 1. The summed E-state index contributed by atoms with van der Waals surface area (Å²) in [7, 11) is 1.89. The number of halogens is 1. The second-order valence-electron chi connectivity index (χ2n) is 3.64. The van der Waals surface area contributed by atoms with Gasteiger partial charge in [0.2, 0.25) is 0 Å². The fraction of sp³-hybridized carbons (Fsp3) is 0.875. The van der Waals surface area contributed by atoms with Crippen molar-refractivity contribution in [3.8, 4) is 0 Å². The van der Waals surface area contributed by atoms with Crippen molar-refractivity contribution >= 4 is 18.4 Å². The van der Waals surface area contributed by atoms with Crippen molar-refractivity contribution in [2.75, 3.05) is 20.1 Å². The van der Waals surface area contributed by atoms with Crippen molar-refractivity contribution in [3.05, 3.63) is 0 Å². The Labute approximate surface area is 84.0 Å². The molecule has 0 aromatic heterocycles. The van der Waals surface area contributed by atoms with Crippen LogP contribution in [0.3, 0.4) is 0 Å². The number of carboxylic acid groups (broad SMARTS) is 1. The number of rotatable bonds is 2. The third-order valence-electron chi connectivity index (χ3n) is 2.23. The van der Waals surface area contributed by atoms with Gasteiger partial charge in [-0.25, -0.2) is 0 Å². The molecule has 1 rings (SSSR count). The average Bonchev–Trinajstić information content (AvgIpc) is 1.82. The first-order valence-corrected chi connectivity index (χ1v) is 4.15. The summed E-state index contributed by atoms with van der Waals surface area (Å²) in [5.74, 6) is -0.923. The van der Waals surface area contributed by atoms with Gasteiger partial charge in [-0.3, -0.25) is 4.79 Å². The highest BCUT2D eigenvalue weighted by atomic mass is 35.5. The standard InChI is InChI=1S/C8H15NO3.ClH/c1-9-4-2-3-8(12,6-9)5-7(10)11;/h12H,2-6H2,1H3,(H,10,11);1H. The van der Waals surface area contributed by atoms with Crippen molar-refractivity contribution < 1.29 is 15.0 Å². The van der Waals surface area contributed by atoms with Gasteiger partial charge in [-0.05, 0) is 26.4 Å². The molecule has 0 aromatic carbocycles. The number of likely N-dealkylation sites (N-methyl/N-ethyl adjacent to an activating group) is 1. The Bertz CT molecular complexity index is 188. The fourth-order valence-electron chi connectivity index (χ4n) is 1.76. The molecule has 0 saturated carbocycles. The number of carboxylic acids is 1. The van der Waals surface area contributed by atoms with Gasteiger partial charge in [0.1, 0.15) is 0 Å². The lowest BCUT2D eigenvalue weighted by Gasteiger charge is -2.36. The van der Waals surface area contributed by atoms with E-state index in [1.807, 2.05) is 11.9 Å². The fourth-order valence-corrected chi connectivity index (χ4v) is 1.76. The van der Waals surface area contributed by atoms with Gasteiger partial charge in [-0.1, -0.05) is 0 Å². The molecule has 1 saturated heterocycles. The maximum absolute atomic E-state index is 10.4. The number of hydrogen-bond acceptors (Lipinski definition) is 3. The molecular formula is C8H16ClNO3. The third kappa shape index (κ3) is 3.93. The van der Waals surface area contributed by atoms with Crippen LogP contribution in [0.5, 0.6) is 0 Å². The molecule has 0 bridgehead atoms. The van der Waals surface area contributed by atoms with Crippen molar-refractivity contribution in [2.45, 2.75) is 24.9 Å². The van der Waals surface area contributed by atoms with Gasteiger partial charge in [0.05, 0.1) is 12.0 Å². The molecule has 1 unspecified atom stereocenters. The third-order valence-corrected chi connectivity index (χ3v) is 2.23. The Morgan fingerprint density at radius 1 is 1.62 bits per heavy atom. The molecule has 0 aliphatic carbocycles. The van der Waals surface area contributed by atoms with Crippen LogP contribution < -0.4 is 0 Å². The lowest BCUT2D eigenvalue weighted by Crippen LogP contribution is -2.47. The molecule has 1 fully saturated rings. The van der Waals surface area contributed by atoms with E-state index in [0.717, 1.165) is 13.0 Å². The number of carbonyl (C=O) groups is 1. The van der Waals surface area contributed by atoms with Gasteiger partial charge in [0.15, 0.2) is 0 Å². The lowest BCUT2D eigenvalue weighted by atomic mass is 9.90. The van der Waals surface area contributed by atoms with E-state index < -0.39 is 11.6 Å². The zero-order chi connectivity index (χ0) is 9.19. The topological polar surface area (TPSA) is 60.8 Å². The van der Waals surface area contributed by atoms with E-state index in [1.54, 1.807) is 0 Å². The summed E-state index contributed by atoms with van der Waals surface area (Å²) in [6.45, 7) is 1.42. The van der Waals surface area contributed by atoms with E-state index in [2.05, 4.69) is 0 Å². The molecule has 0 spiro atoms. The minimum Gasteiger partial charge on any atom is -0.481 e. The van der Waals surface area contributed by atoms with E-state index in [9.17, 15) is 9.90 Å². The Balaban J connectivity index is 0.00000144. The molecule has 13 heavy (non-hydrogen) atoms. The molecular weight excluding hydrogens is 194 g/mol. The summed E-state index contributed by atoms with van der Waals surface area (Å²) < 4.78 is 0. The molecule has 1 atom stereocenters. The lowest BCUT2D eigenvalue weighted by molar-refractivity contribution is -0.144. The van der Waals surface area contributed by atoms with Crippen LogP contribution >= 0.6 is 12.4 Å². The van der Waals surface area contributed by atoms with Crippen LogP contribution in [0, 0.1) is 0 Å². The van der Waals surface area contributed by atoms with Gasteiger partial charge in [-0.2, -0.15) is 0 Å². The number of β-amino-alcohol motifs (C(OH)–C–C–N with tert-alkyl or cyclic N) is 1. The summed E-state index contributed by atoms with van der Waals surface area (Å²) in [6.07, 6.45) is 1.33. The zero-order valence-corrected chi connectivity index (χ0v) is 8.51. The van der Waals surface area contributed by atoms with Crippen molar-refractivity contribution in [1.29, 1.82) is 0 Å². The SMILES string of the molecule is CN1CCCC(O)(CC(=O)O)C1.Cl. The molecule has 4 nitrogen and oxygen atoms in total. The Kier molecular flexibility index (Phi) is 4.67. The summed E-state index contributed by atoms with van der Waals surface area (Å²) in [4.78, 5) is 12.4. The van der Waals surface area contributed by atoms with Crippen LogP contribution in [-0.4, -0.2) is 46.8 Å². The maximum Gasteiger partial charge on any atom is 0.306 e. The second kappa shape index (κ2) is 4.79. The van der Waals surface area contributed by atoms with Gasteiger partial charge in [0, 0.05) is 6.54 Å². The number of aliphatic hydroxyl groups is 1. The molecule has 0 aromatic rings. The normalized spacial score (nSPS) is 29.4. The van der Waals surface area contributed by atoms with Gasteiger partial charge in [0.25, 0.3) is 0 Å². The average molecular weight is 210 g/mol. The Morgan fingerprint density at radius 2 is 2.23 bits per heavy atom. The molecule has 1 heterocycles. The predicted octanol–water partition coefficient (Wildman–Crippen LogP) is 0.340. The summed E-state index contributed by atoms with van der Waals surface area (Å²) >= 11 is 0. The van der Waals surface area contributed by atoms with E-state index in [4.69, 9.17) is 5.11 Å². The molecule has 5 heteroatoms. The highest BCUT2D eigenvalue weighted by Crippen LogP contribution is 2.23. The first-order valence-electron chi connectivity index (χ1n) is 4.15. The number of likely N-dealkylation sites (tertiary alicyclic amines) is 1. The minimum absolute atomic E-state index is 0. The molecule has 1 aliphatic rings. The van der Waals surface area contributed by atoms with E-state index in [1.165, 1.54) is 0 Å². The molecule has 2 N–H and O–H groups in total. The monoisotopic (exact) mass is 209 g/mol. The van der Waals surface area contributed by atoms with Crippen LogP contribution in [0.25, 0.3) is 0 Å². The van der Waals surface area contributed by atoms with Crippen molar-refractivity contribution in [1.82, 2.24) is 4.90 Å². The predicted molar refractivity (Wildman–Crippen MR) is 51.2 cm³/mol. The van der Waals surface area contributed by atoms with Crippen LogP contribution in [0.2, 0.25) is 0 Å². The first-order chi connectivity index (χ1) is 5.52. The molecule has 78 valence electrons. The largest absolute Gasteiger partial charge is 0.481 e. The number of aliphatic carboxylic acids is 1. The Hall–Kier alpha value is -0.320. The molecule has 0 amide bonds. The molecule has 1 aliphatic heterocycles. The quantitative estimate of drug-likeness (QED) is 0.689. The number of hydrogen-bond donors (Lipinski definition) is 2. The smallest absolute Gasteiger partial charge is 0.306 e. The minimum atomic E-state index is -1.00. The van der Waals surface area contributed by atoms with E-state index in [-0.39, 0.29) is 18.8 Å². The highest BCUT2D eigenvalue weighted by Gasteiger charge is 2.33. The highest BCUT2D eigenvalue weighted by molar-refractivity contribution is 5.85. The number of nitrogens with zero attached hydrogens (tertiary/aromatic N) is 1.